The lowest BCUT2D eigenvalue weighted by molar-refractivity contribution is -0.317. The van der Waals surface area contributed by atoms with Crippen molar-refractivity contribution in [2.24, 2.45) is 45.3 Å². The fraction of sp³-hybridized carbons (Fsp3) is 0.837. The summed E-state index contributed by atoms with van der Waals surface area (Å²) < 4.78 is 47.1. The Labute approximate surface area is 384 Å². The Morgan fingerprint density at radius 1 is 0.769 bits per heavy atom. The molecule has 65 heavy (non-hydrogen) atoms. The zero-order chi connectivity index (χ0) is 48.1. The largest absolute Gasteiger partial charge is 0.463 e. The number of carbonyl (C=O) groups is 4. The molecule has 4 N–H and O–H groups in total. The standard InChI is InChI=1S/C49H76O16/c1-24(2)14-13-15-25(3)37-33(63-45-39(56)38(55)41(61-28(6)52)35(64-45)22-58-26(4)50)21-49(12)43-32(54)20-31-30(47(43,10)18-19-48(37,49)11)16-17-36(46(31,8)9)65-44-40(57)42(62-29(7)53)34(23-59-44)60-27(5)51/h14,20,25,30,32-45,54-57H,13,15-19,21-23H2,1-12H3/t25?,30-,32-,33+,34+,35-,36+,37+,38+,39-,40?,41+,42-,43-,44-,45+,47+,48-,49+/m0/s1. The molecule has 16 nitrogen and oxygen atoms in total. The number of esters is 4. The molecule has 5 fully saturated rings. The van der Waals surface area contributed by atoms with Crippen LogP contribution in [0.3, 0.4) is 0 Å². The minimum atomic E-state index is -1.59. The third-order valence-electron chi connectivity index (χ3n) is 16.6. The summed E-state index contributed by atoms with van der Waals surface area (Å²) in [7, 11) is 0. The molecular weight excluding hydrogens is 845 g/mol. The van der Waals surface area contributed by atoms with E-state index in [9.17, 15) is 39.6 Å². The second kappa shape index (κ2) is 19.6. The van der Waals surface area contributed by atoms with Crippen molar-refractivity contribution in [3.63, 3.8) is 0 Å². The van der Waals surface area contributed by atoms with Crippen molar-refractivity contribution < 1.29 is 77.5 Å². The fourth-order valence-corrected chi connectivity index (χ4v) is 13.6. The summed E-state index contributed by atoms with van der Waals surface area (Å²) in [5.74, 6) is -2.55. The minimum Gasteiger partial charge on any atom is -0.463 e. The lowest BCUT2D eigenvalue weighted by Gasteiger charge is -2.67. The molecule has 0 aromatic rings. The maximum atomic E-state index is 12.7. The smallest absolute Gasteiger partial charge is 0.303 e. The van der Waals surface area contributed by atoms with Gasteiger partial charge in [-0.15, -0.1) is 0 Å². The predicted molar refractivity (Wildman–Crippen MR) is 233 cm³/mol. The minimum absolute atomic E-state index is 0.0509. The van der Waals surface area contributed by atoms with E-state index < -0.39 is 108 Å². The number of rotatable bonds is 13. The second-order valence-corrected chi connectivity index (χ2v) is 21.5. The van der Waals surface area contributed by atoms with Gasteiger partial charge >= 0.3 is 23.9 Å². The van der Waals surface area contributed by atoms with E-state index in [-0.39, 0.29) is 47.7 Å². The third-order valence-corrected chi connectivity index (χ3v) is 16.6. The number of ether oxygens (including phenoxy) is 8. The van der Waals surface area contributed by atoms with Crippen LogP contribution >= 0.6 is 0 Å². The van der Waals surface area contributed by atoms with Crippen LogP contribution in [0.5, 0.6) is 0 Å². The van der Waals surface area contributed by atoms with Crippen molar-refractivity contribution in [2.45, 2.75) is 202 Å². The molecule has 6 aliphatic rings. The number of hydrogen-bond acceptors (Lipinski definition) is 16. The number of allylic oxidation sites excluding steroid dienone is 2. The molecule has 0 amide bonds. The molecule has 16 heteroatoms. The summed E-state index contributed by atoms with van der Waals surface area (Å²) in [6.07, 6.45) is -3.89. The number of hydrogen-bond donors (Lipinski definition) is 4. The van der Waals surface area contributed by atoms with E-state index in [4.69, 9.17) is 37.9 Å². The van der Waals surface area contributed by atoms with Gasteiger partial charge in [0.05, 0.1) is 24.9 Å². The highest BCUT2D eigenvalue weighted by molar-refractivity contribution is 5.68. The highest BCUT2D eigenvalue weighted by Gasteiger charge is 2.72. The molecule has 0 radical (unpaired) electrons. The van der Waals surface area contributed by atoms with E-state index in [0.717, 1.165) is 37.7 Å². The molecule has 4 aliphatic carbocycles. The predicted octanol–water partition coefficient (Wildman–Crippen LogP) is 4.85. The number of carbonyl (C=O) groups excluding carboxylic acids is 4. The van der Waals surface area contributed by atoms with Gasteiger partial charge in [-0.3, -0.25) is 19.2 Å². The Kier molecular flexibility index (Phi) is 15.5. The molecule has 6 rings (SSSR count). The van der Waals surface area contributed by atoms with Crippen LogP contribution in [0.4, 0.5) is 0 Å². The molecule has 0 aromatic heterocycles. The van der Waals surface area contributed by atoms with Crippen LogP contribution in [0.1, 0.15) is 128 Å². The average Bonchev–Trinajstić information content (AvgIpc) is 3.42. The molecule has 19 atom stereocenters. The maximum absolute atomic E-state index is 12.7. The molecule has 3 saturated carbocycles. The normalized spacial score (nSPS) is 43.6. The van der Waals surface area contributed by atoms with Gasteiger partial charge in [-0.2, -0.15) is 0 Å². The third kappa shape index (κ3) is 9.84. The summed E-state index contributed by atoms with van der Waals surface area (Å²) in [5, 5.41) is 47.0. The van der Waals surface area contributed by atoms with Gasteiger partial charge in [-0.1, -0.05) is 64.8 Å². The molecule has 2 heterocycles. The molecule has 0 bridgehead atoms. The Bertz CT molecular complexity index is 1830. The molecule has 2 unspecified atom stereocenters. The highest BCUT2D eigenvalue weighted by atomic mass is 16.7. The van der Waals surface area contributed by atoms with E-state index in [2.05, 4.69) is 61.5 Å². The maximum Gasteiger partial charge on any atom is 0.303 e. The highest BCUT2D eigenvalue weighted by Crippen LogP contribution is 2.75. The Hall–Kier alpha value is -2.96. The van der Waals surface area contributed by atoms with Crippen LogP contribution in [0, 0.1) is 45.3 Å². The topological polar surface area (TPSA) is 223 Å². The zero-order valence-electron chi connectivity index (χ0n) is 40.4. The number of fused-ring (bicyclic) bond motifs is 5. The van der Waals surface area contributed by atoms with E-state index >= 15 is 0 Å². The quantitative estimate of drug-likeness (QED) is 0.110. The monoisotopic (exact) mass is 921 g/mol. The molecule has 2 aliphatic heterocycles. The summed E-state index contributed by atoms with van der Waals surface area (Å²) in [5.41, 5.74) is 0.509. The zero-order valence-corrected chi connectivity index (χ0v) is 40.4. The first-order valence-electron chi connectivity index (χ1n) is 23.6. The second-order valence-electron chi connectivity index (χ2n) is 21.5. The van der Waals surface area contributed by atoms with E-state index in [1.54, 1.807) is 0 Å². The van der Waals surface area contributed by atoms with Crippen molar-refractivity contribution in [3.8, 4) is 0 Å². The summed E-state index contributed by atoms with van der Waals surface area (Å²) in [6, 6.07) is 0. The Morgan fingerprint density at radius 2 is 1.42 bits per heavy atom. The van der Waals surface area contributed by atoms with Gasteiger partial charge < -0.3 is 58.3 Å². The van der Waals surface area contributed by atoms with Crippen molar-refractivity contribution in [1.82, 2.24) is 0 Å². The first-order valence-corrected chi connectivity index (χ1v) is 23.6. The van der Waals surface area contributed by atoms with Crippen LogP contribution in [0.15, 0.2) is 23.3 Å². The van der Waals surface area contributed by atoms with Crippen molar-refractivity contribution in [3.05, 3.63) is 23.3 Å². The first-order chi connectivity index (χ1) is 30.3. The molecular formula is C49H76O16. The van der Waals surface area contributed by atoms with E-state index in [1.165, 1.54) is 33.3 Å². The average molecular weight is 921 g/mol. The van der Waals surface area contributed by atoms with Gasteiger partial charge in [0.2, 0.25) is 0 Å². The van der Waals surface area contributed by atoms with Crippen molar-refractivity contribution in [1.29, 1.82) is 0 Å². The molecule has 0 spiro atoms. The lowest BCUT2D eigenvalue weighted by Crippen LogP contribution is -2.63. The Balaban J connectivity index is 1.30. The van der Waals surface area contributed by atoms with Crippen molar-refractivity contribution >= 4 is 23.9 Å². The first kappa shape index (κ1) is 51.4. The van der Waals surface area contributed by atoms with Gasteiger partial charge in [-0.25, -0.2) is 0 Å². The van der Waals surface area contributed by atoms with Crippen LogP contribution in [0.25, 0.3) is 0 Å². The van der Waals surface area contributed by atoms with Gasteiger partial charge in [0.1, 0.15) is 31.0 Å². The van der Waals surface area contributed by atoms with Gasteiger partial charge in [-0.05, 0) is 92.8 Å². The van der Waals surface area contributed by atoms with Gasteiger partial charge in [0, 0.05) is 39.0 Å². The van der Waals surface area contributed by atoms with Gasteiger partial charge in [0.15, 0.2) is 30.9 Å². The summed E-state index contributed by atoms with van der Waals surface area (Å²) >= 11 is 0. The Morgan fingerprint density at radius 3 is 2.03 bits per heavy atom. The fourth-order valence-electron chi connectivity index (χ4n) is 13.6. The summed E-state index contributed by atoms with van der Waals surface area (Å²) in [4.78, 5) is 47.8. The number of aliphatic hydroxyl groups excluding tert-OH is 4. The molecule has 368 valence electrons. The van der Waals surface area contributed by atoms with Gasteiger partial charge in [0.25, 0.3) is 0 Å². The van der Waals surface area contributed by atoms with Crippen LogP contribution in [0.2, 0.25) is 0 Å². The number of aliphatic hydroxyl groups is 4. The lowest BCUT2D eigenvalue weighted by atomic mass is 9.38. The molecule has 0 aromatic carbocycles. The van der Waals surface area contributed by atoms with Crippen LogP contribution in [-0.4, -0.2) is 131 Å². The van der Waals surface area contributed by atoms with Crippen LogP contribution < -0.4 is 0 Å². The summed E-state index contributed by atoms with van der Waals surface area (Å²) in [6.45, 7) is 21.9. The SMILES string of the molecule is CC(=O)OC[C@@H]1O[C@@H](O[C@@H]2C[C@]3(C)[C@H]4[C@@H](O)C=C5[C@H](CC[C@@H](O[C@@H]6OC[C@@H](OC(C)=O)[C@H](OC(C)=O)C6O)C5(C)C)[C@@]4(C)CC[C@@]3(C)[C@@H]2C(C)CCC=C(C)C)[C@@H](O)[C@@H](O)[C@@H]1OC(C)=O. The van der Waals surface area contributed by atoms with E-state index in [0.29, 0.717) is 12.8 Å². The van der Waals surface area contributed by atoms with Crippen LogP contribution in [-0.2, 0) is 57.1 Å². The van der Waals surface area contributed by atoms with E-state index in [1.807, 2.05) is 6.08 Å². The molecule has 2 saturated heterocycles. The van der Waals surface area contributed by atoms with Crippen molar-refractivity contribution in [2.75, 3.05) is 13.2 Å².